The molecule has 2 aliphatic heterocycles. The molecule has 2 aliphatic rings. The van der Waals surface area contributed by atoms with E-state index in [1.165, 1.54) is 0 Å². The highest BCUT2D eigenvalue weighted by molar-refractivity contribution is 5.78. The fraction of sp³-hybridized carbons (Fsp3) is 0.933. The Hall–Kier alpha value is -0.650. The number of carboxylic acids is 1. The van der Waals surface area contributed by atoms with Crippen LogP contribution in [0.2, 0.25) is 0 Å². The van der Waals surface area contributed by atoms with Gasteiger partial charge in [0.05, 0.1) is 12.7 Å². The number of nitrogens with zero attached hydrogens (tertiary/aromatic N) is 2. The van der Waals surface area contributed by atoms with Crippen molar-refractivity contribution in [1.82, 2.24) is 9.80 Å². The first-order valence-electron chi connectivity index (χ1n) is 7.74. The number of likely N-dealkylation sites (tertiary alicyclic amines) is 1. The van der Waals surface area contributed by atoms with Gasteiger partial charge in [0.15, 0.2) is 0 Å². The average Bonchev–Trinajstić information content (AvgIpc) is 2.72. The van der Waals surface area contributed by atoms with Gasteiger partial charge in [-0.3, -0.25) is 14.6 Å². The predicted octanol–water partition coefficient (Wildman–Crippen LogP) is 1.28. The summed E-state index contributed by atoms with van der Waals surface area (Å²) >= 11 is 0. The van der Waals surface area contributed by atoms with Crippen molar-refractivity contribution in [3.8, 4) is 0 Å². The van der Waals surface area contributed by atoms with Crippen LogP contribution in [0.3, 0.4) is 0 Å². The number of hydrogen-bond donors (Lipinski definition) is 1. The molecule has 2 atom stereocenters. The quantitative estimate of drug-likeness (QED) is 0.824. The molecule has 20 heavy (non-hydrogen) atoms. The van der Waals surface area contributed by atoms with Crippen LogP contribution >= 0.6 is 0 Å². The van der Waals surface area contributed by atoms with Crippen LogP contribution in [0.1, 0.15) is 33.6 Å². The van der Waals surface area contributed by atoms with Gasteiger partial charge >= 0.3 is 5.97 Å². The van der Waals surface area contributed by atoms with Gasteiger partial charge in [-0.05, 0) is 32.2 Å². The van der Waals surface area contributed by atoms with Crippen LogP contribution in [-0.2, 0) is 9.53 Å². The molecular weight excluding hydrogens is 256 g/mol. The molecule has 5 nitrogen and oxygen atoms in total. The van der Waals surface area contributed by atoms with Gasteiger partial charge in [0.1, 0.15) is 5.54 Å². The van der Waals surface area contributed by atoms with E-state index in [1.54, 1.807) is 0 Å². The maximum Gasteiger partial charge on any atom is 0.323 e. The molecule has 0 aliphatic carbocycles. The minimum atomic E-state index is -0.705. The van der Waals surface area contributed by atoms with Gasteiger partial charge in [-0.25, -0.2) is 0 Å². The summed E-state index contributed by atoms with van der Waals surface area (Å²) in [6.07, 6.45) is 1.84. The highest BCUT2D eigenvalue weighted by atomic mass is 16.5. The highest BCUT2D eigenvalue weighted by Gasteiger charge is 2.44. The van der Waals surface area contributed by atoms with Crippen LogP contribution in [0.5, 0.6) is 0 Å². The Kier molecular flexibility index (Phi) is 5.04. The van der Waals surface area contributed by atoms with Gasteiger partial charge in [0.2, 0.25) is 0 Å². The molecular formula is C15H28N2O3. The zero-order valence-corrected chi connectivity index (χ0v) is 13.0. The van der Waals surface area contributed by atoms with E-state index < -0.39 is 11.5 Å². The first kappa shape index (κ1) is 15.7. The third-order valence-corrected chi connectivity index (χ3v) is 4.52. The summed E-state index contributed by atoms with van der Waals surface area (Å²) in [5, 5.41) is 9.45. The molecule has 116 valence electrons. The van der Waals surface area contributed by atoms with E-state index in [4.69, 9.17) is 4.74 Å². The molecule has 2 unspecified atom stereocenters. The van der Waals surface area contributed by atoms with Gasteiger partial charge in [-0.15, -0.1) is 0 Å². The van der Waals surface area contributed by atoms with Crippen molar-refractivity contribution in [3.05, 3.63) is 0 Å². The average molecular weight is 284 g/mol. The number of carboxylic acid groups (broad SMARTS) is 1. The van der Waals surface area contributed by atoms with Crippen LogP contribution in [-0.4, -0.2) is 71.8 Å². The van der Waals surface area contributed by atoms with Crippen molar-refractivity contribution < 1.29 is 14.6 Å². The van der Waals surface area contributed by atoms with Gasteiger partial charge in [-0.2, -0.15) is 0 Å². The molecule has 5 heteroatoms. The second kappa shape index (κ2) is 6.41. The molecule has 0 saturated carbocycles. The van der Waals surface area contributed by atoms with E-state index in [0.29, 0.717) is 5.92 Å². The smallest absolute Gasteiger partial charge is 0.323 e. The molecule has 2 fully saturated rings. The van der Waals surface area contributed by atoms with E-state index in [1.807, 2.05) is 6.92 Å². The zero-order chi connectivity index (χ0) is 14.8. The lowest BCUT2D eigenvalue weighted by Gasteiger charge is -2.38. The highest BCUT2D eigenvalue weighted by Crippen LogP contribution is 2.29. The van der Waals surface area contributed by atoms with Crippen LogP contribution in [0.15, 0.2) is 0 Å². The van der Waals surface area contributed by atoms with Crippen LogP contribution < -0.4 is 0 Å². The van der Waals surface area contributed by atoms with Gasteiger partial charge < -0.3 is 9.84 Å². The Morgan fingerprint density at radius 3 is 2.85 bits per heavy atom. The first-order valence-corrected chi connectivity index (χ1v) is 7.74. The molecule has 0 amide bonds. The Bertz CT molecular complexity index is 348. The van der Waals surface area contributed by atoms with E-state index >= 15 is 0 Å². The lowest BCUT2D eigenvalue weighted by Crippen LogP contribution is -2.54. The van der Waals surface area contributed by atoms with Crippen molar-refractivity contribution in [2.75, 3.05) is 39.3 Å². The molecule has 0 bridgehead atoms. The fourth-order valence-electron chi connectivity index (χ4n) is 3.37. The molecule has 0 aromatic rings. The molecule has 2 rings (SSSR count). The van der Waals surface area contributed by atoms with E-state index in [0.717, 1.165) is 52.2 Å². The molecule has 0 aromatic heterocycles. The number of rotatable bonds is 5. The van der Waals surface area contributed by atoms with Gasteiger partial charge in [0.25, 0.3) is 0 Å². The molecule has 0 aromatic carbocycles. The number of aliphatic carboxylic acids is 1. The summed E-state index contributed by atoms with van der Waals surface area (Å²) < 4.78 is 5.85. The van der Waals surface area contributed by atoms with Crippen LogP contribution in [0, 0.1) is 5.92 Å². The second-order valence-electron chi connectivity index (χ2n) is 6.77. The van der Waals surface area contributed by atoms with Crippen molar-refractivity contribution in [2.24, 2.45) is 5.92 Å². The minimum absolute atomic E-state index is 0.138. The topological polar surface area (TPSA) is 53.0 Å². The third-order valence-electron chi connectivity index (χ3n) is 4.52. The largest absolute Gasteiger partial charge is 0.480 e. The lowest BCUT2D eigenvalue weighted by atomic mass is 9.99. The Morgan fingerprint density at radius 2 is 2.20 bits per heavy atom. The predicted molar refractivity (Wildman–Crippen MR) is 77.9 cm³/mol. The summed E-state index contributed by atoms with van der Waals surface area (Å²) in [7, 11) is 0. The van der Waals surface area contributed by atoms with Crippen LogP contribution in [0.4, 0.5) is 0 Å². The van der Waals surface area contributed by atoms with Crippen molar-refractivity contribution >= 4 is 5.97 Å². The minimum Gasteiger partial charge on any atom is -0.480 e. The summed E-state index contributed by atoms with van der Waals surface area (Å²) in [5.74, 6) is -0.0466. The Balaban J connectivity index is 1.91. The van der Waals surface area contributed by atoms with Crippen LogP contribution in [0.25, 0.3) is 0 Å². The Morgan fingerprint density at radius 1 is 1.45 bits per heavy atom. The molecule has 0 spiro atoms. The van der Waals surface area contributed by atoms with E-state index in [-0.39, 0.29) is 6.10 Å². The number of hydrogen-bond acceptors (Lipinski definition) is 4. The van der Waals surface area contributed by atoms with E-state index in [2.05, 4.69) is 23.6 Å². The second-order valence-corrected chi connectivity index (χ2v) is 6.77. The molecule has 2 saturated heterocycles. The zero-order valence-electron chi connectivity index (χ0n) is 13.0. The SMILES string of the molecule is CC(C)CN1CCOC(CN2CCCC2(C)C(=O)O)C1. The van der Waals surface area contributed by atoms with Gasteiger partial charge in [0, 0.05) is 26.2 Å². The standard InChI is InChI=1S/C15H28N2O3/c1-12(2)9-16-7-8-20-13(10-16)11-17-6-4-5-15(17,3)14(18)19/h12-13H,4-11H2,1-3H3,(H,18,19). The number of ether oxygens (including phenoxy) is 1. The van der Waals surface area contributed by atoms with Crippen molar-refractivity contribution in [2.45, 2.75) is 45.3 Å². The normalized spacial score (nSPS) is 32.9. The summed E-state index contributed by atoms with van der Waals surface area (Å²) in [6, 6.07) is 0. The summed E-state index contributed by atoms with van der Waals surface area (Å²) in [4.78, 5) is 16.0. The third kappa shape index (κ3) is 3.51. The van der Waals surface area contributed by atoms with Gasteiger partial charge in [-0.1, -0.05) is 13.8 Å². The summed E-state index contributed by atoms with van der Waals surface area (Å²) in [6.45, 7) is 11.7. The fourth-order valence-corrected chi connectivity index (χ4v) is 3.37. The monoisotopic (exact) mass is 284 g/mol. The molecule has 0 radical (unpaired) electrons. The number of carbonyl (C=O) groups is 1. The van der Waals surface area contributed by atoms with Crippen molar-refractivity contribution in [1.29, 1.82) is 0 Å². The Labute approximate surface area is 121 Å². The maximum absolute atomic E-state index is 11.5. The number of morpholine rings is 1. The molecule has 1 N–H and O–H groups in total. The first-order chi connectivity index (χ1) is 9.41. The summed E-state index contributed by atoms with van der Waals surface area (Å²) in [5.41, 5.74) is -0.705. The van der Waals surface area contributed by atoms with Crippen molar-refractivity contribution in [3.63, 3.8) is 0 Å². The molecule has 2 heterocycles. The maximum atomic E-state index is 11.5. The van der Waals surface area contributed by atoms with E-state index in [9.17, 15) is 9.90 Å². The lowest BCUT2D eigenvalue weighted by molar-refractivity contribution is -0.150.